The first-order valence-corrected chi connectivity index (χ1v) is 9.77. The average Bonchev–Trinajstić information content (AvgIpc) is 3.08. The predicted molar refractivity (Wildman–Crippen MR) is 108 cm³/mol. The summed E-state index contributed by atoms with van der Waals surface area (Å²) in [5.41, 5.74) is 6.75. The number of ether oxygens (including phenoxy) is 2. The maximum Gasteiger partial charge on any atom is 0.228 e. The van der Waals surface area contributed by atoms with Crippen molar-refractivity contribution in [2.75, 3.05) is 37.7 Å². The summed E-state index contributed by atoms with van der Waals surface area (Å²) in [6.45, 7) is 4.96. The molecule has 0 bridgehead atoms. The minimum atomic E-state index is -0.280. The summed E-state index contributed by atoms with van der Waals surface area (Å²) in [5.74, 6) is 1.62. The van der Waals surface area contributed by atoms with Gasteiger partial charge in [-0.05, 0) is 37.8 Å². The number of amides is 2. The van der Waals surface area contributed by atoms with Crippen LogP contribution in [0.25, 0.3) is 0 Å². The Morgan fingerprint density at radius 2 is 1.86 bits per heavy atom. The Balaban J connectivity index is 0.00000225. The third kappa shape index (κ3) is 4.05. The first kappa shape index (κ1) is 20.7. The molecule has 0 aromatic heterocycles. The average molecular weight is 410 g/mol. The quantitative estimate of drug-likeness (QED) is 0.823. The summed E-state index contributed by atoms with van der Waals surface area (Å²) in [4.78, 5) is 29.0. The number of anilines is 1. The van der Waals surface area contributed by atoms with E-state index in [0.29, 0.717) is 37.2 Å². The van der Waals surface area contributed by atoms with Gasteiger partial charge in [0.05, 0.1) is 5.92 Å². The maximum absolute atomic E-state index is 12.9. The number of hydrogen-bond acceptors (Lipinski definition) is 5. The van der Waals surface area contributed by atoms with Crippen LogP contribution >= 0.6 is 12.4 Å². The maximum atomic E-state index is 12.9. The summed E-state index contributed by atoms with van der Waals surface area (Å²) in [7, 11) is 0. The lowest BCUT2D eigenvalue weighted by molar-refractivity contribution is -0.137. The van der Waals surface area contributed by atoms with Gasteiger partial charge in [0.25, 0.3) is 0 Å². The van der Waals surface area contributed by atoms with Gasteiger partial charge in [0.1, 0.15) is 13.2 Å². The third-order valence-corrected chi connectivity index (χ3v) is 5.91. The van der Waals surface area contributed by atoms with E-state index >= 15 is 0 Å². The van der Waals surface area contributed by atoms with Gasteiger partial charge in [-0.1, -0.05) is 0 Å². The largest absolute Gasteiger partial charge is 0.486 e. The Kier molecular flexibility index (Phi) is 6.35. The third-order valence-electron chi connectivity index (χ3n) is 5.91. The molecule has 0 saturated carbocycles. The van der Waals surface area contributed by atoms with Gasteiger partial charge in [-0.25, -0.2) is 0 Å². The number of nitrogens with zero attached hydrogens (tertiary/aromatic N) is 2. The molecule has 2 fully saturated rings. The number of piperidine rings is 1. The zero-order valence-electron chi connectivity index (χ0n) is 16.1. The molecule has 1 aromatic carbocycles. The van der Waals surface area contributed by atoms with Crippen LogP contribution in [0.1, 0.15) is 26.2 Å². The lowest BCUT2D eigenvalue weighted by Crippen LogP contribution is -2.45. The van der Waals surface area contributed by atoms with Crippen molar-refractivity contribution in [1.29, 1.82) is 0 Å². The molecule has 0 aliphatic carbocycles. The van der Waals surface area contributed by atoms with E-state index in [-0.39, 0.29) is 42.6 Å². The van der Waals surface area contributed by atoms with Crippen molar-refractivity contribution in [3.8, 4) is 11.5 Å². The Morgan fingerprint density at radius 1 is 1.18 bits per heavy atom. The van der Waals surface area contributed by atoms with Gasteiger partial charge in [-0.15, -0.1) is 12.4 Å². The van der Waals surface area contributed by atoms with Gasteiger partial charge in [-0.2, -0.15) is 0 Å². The van der Waals surface area contributed by atoms with Crippen molar-refractivity contribution in [3.63, 3.8) is 0 Å². The molecule has 3 heterocycles. The van der Waals surface area contributed by atoms with Crippen LogP contribution in [0.2, 0.25) is 0 Å². The molecule has 4 rings (SSSR count). The van der Waals surface area contributed by atoms with Gasteiger partial charge in [0, 0.05) is 43.9 Å². The van der Waals surface area contributed by atoms with E-state index in [4.69, 9.17) is 15.2 Å². The van der Waals surface area contributed by atoms with Crippen LogP contribution < -0.4 is 20.1 Å². The molecule has 2 atom stereocenters. The number of likely N-dealkylation sites (tertiary alicyclic amines) is 1. The van der Waals surface area contributed by atoms with Crippen LogP contribution in [0.3, 0.4) is 0 Å². The van der Waals surface area contributed by atoms with Gasteiger partial charge < -0.3 is 25.0 Å². The first-order chi connectivity index (χ1) is 13.0. The minimum Gasteiger partial charge on any atom is -0.486 e. The molecular formula is C20H28ClN3O4. The number of fused-ring (bicyclic) bond motifs is 1. The molecule has 28 heavy (non-hydrogen) atoms. The van der Waals surface area contributed by atoms with E-state index < -0.39 is 0 Å². The van der Waals surface area contributed by atoms with E-state index in [2.05, 4.69) is 0 Å². The molecule has 2 N–H and O–H groups in total. The highest BCUT2D eigenvalue weighted by atomic mass is 35.5. The van der Waals surface area contributed by atoms with E-state index in [1.54, 1.807) is 4.90 Å². The van der Waals surface area contributed by atoms with Gasteiger partial charge in [0.15, 0.2) is 11.5 Å². The summed E-state index contributed by atoms with van der Waals surface area (Å²) in [5, 5.41) is 0. The van der Waals surface area contributed by atoms with E-state index in [1.807, 2.05) is 30.0 Å². The summed E-state index contributed by atoms with van der Waals surface area (Å²) < 4.78 is 11.1. The van der Waals surface area contributed by atoms with E-state index in [0.717, 1.165) is 31.6 Å². The molecule has 2 saturated heterocycles. The lowest BCUT2D eigenvalue weighted by atomic mass is 9.90. The van der Waals surface area contributed by atoms with Crippen molar-refractivity contribution in [3.05, 3.63) is 18.2 Å². The molecule has 1 aromatic rings. The van der Waals surface area contributed by atoms with Crippen molar-refractivity contribution < 1.29 is 19.1 Å². The highest BCUT2D eigenvalue weighted by Gasteiger charge is 2.38. The fourth-order valence-corrected chi connectivity index (χ4v) is 4.23. The predicted octanol–water partition coefficient (Wildman–Crippen LogP) is 1.82. The molecule has 3 aliphatic heterocycles. The number of carbonyl (C=O) groups excluding carboxylic acids is 2. The van der Waals surface area contributed by atoms with Gasteiger partial charge in [0.2, 0.25) is 11.8 Å². The fraction of sp³-hybridized carbons (Fsp3) is 0.600. The van der Waals surface area contributed by atoms with Crippen molar-refractivity contribution in [1.82, 2.24) is 4.90 Å². The standard InChI is InChI=1S/C20H27N3O4.ClH/c1-13(21)14-4-6-22(7-5-14)20(25)15-10-19(24)23(12-15)16-2-3-17-18(11-16)27-9-8-26-17;/h2-3,11,13-15H,4-10,12,21H2,1H3;1H. The highest BCUT2D eigenvalue weighted by molar-refractivity contribution is 6.00. The monoisotopic (exact) mass is 409 g/mol. The molecule has 7 nitrogen and oxygen atoms in total. The van der Waals surface area contributed by atoms with E-state index in [9.17, 15) is 9.59 Å². The lowest BCUT2D eigenvalue weighted by Gasteiger charge is -2.35. The molecule has 8 heteroatoms. The van der Waals surface area contributed by atoms with Crippen LogP contribution in [0.15, 0.2) is 18.2 Å². The molecule has 3 aliphatic rings. The molecule has 154 valence electrons. The molecule has 2 amide bonds. The Morgan fingerprint density at radius 3 is 2.54 bits per heavy atom. The van der Waals surface area contributed by atoms with Crippen molar-refractivity contribution in [2.45, 2.75) is 32.2 Å². The van der Waals surface area contributed by atoms with Crippen LogP contribution in [0.5, 0.6) is 11.5 Å². The van der Waals surface area contributed by atoms with Gasteiger partial charge >= 0.3 is 0 Å². The van der Waals surface area contributed by atoms with Gasteiger partial charge in [-0.3, -0.25) is 9.59 Å². The Labute approximate surface area is 171 Å². The molecule has 0 radical (unpaired) electrons. The second kappa shape index (κ2) is 8.57. The highest BCUT2D eigenvalue weighted by Crippen LogP contribution is 2.36. The topological polar surface area (TPSA) is 85.1 Å². The minimum absolute atomic E-state index is 0. The molecular weight excluding hydrogens is 382 g/mol. The molecule has 0 spiro atoms. The fourth-order valence-electron chi connectivity index (χ4n) is 4.23. The van der Waals surface area contributed by atoms with Crippen LogP contribution in [-0.2, 0) is 9.59 Å². The zero-order chi connectivity index (χ0) is 19.0. The molecule has 2 unspecified atom stereocenters. The Hall–Kier alpha value is -1.99. The number of carbonyl (C=O) groups is 2. The number of hydrogen-bond donors (Lipinski definition) is 1. The van der Waals surface area contributed by atoms with Crippen LogP contribution in [0.4, 0.5) is 5.69 Å². The van der Waals surface area contributed by atoms with E-state index in [1.165, 1.54) is 0 Å². The Bertz CT molecular complexity index is 734. The summed E-state index contributed by atoms with van der Waals surface area (Å²) in [6.07, 6.45) is 2.15. The van der Waals surface area contributed by atoms with Crippen LogP contribution in [-0.4, -0.2) is 55.6 Å². The van der Waals surface area contributed by atoms with Crippen LogP contribution in [0, 0.1) is 11.8 Å². The second-order valence-electron chi connectivity index (χ2n) is 7.76. The zero-order valence-corrected chi connectivity index (χ0v) is 17.0. The van der Waals surface area contributed by atoms with Crippen molar-refractivity contribution >= 4 is 29.9 Å². The number of nitrogens with two attached hydrogens (primary N) is 1. The van der Waals surface area contributed by atoms with Crippen molar-refractivity contribution in [2.24, 2.45) is 17.6 Å². The number of rotatable bonds is 3. The SMILES string of the molecule is CC(N)C1CCN(C(=O)C2CC(=O)N(c3ccc4c(c3)OCCO4)C2)CC1.Cl. The number of halogens is 1. The first-order valence-electron chi connectivity index (χ1n) is 9.77. The number of benzene rings is 1. The normalized spacial score (nSPS) is 23.4. The summed E-state index contributed by atoms with van der Waals surface area (Å²) in [6, 6.07) is 5.67. The summed E-state index contributed by atoms with van der Waals surface area (Å²) >= 11 is 0. The smallest absolute Gasteiger partial charge is 0.228 e. The second-order valence-corrected chi connectivity index (χ2v) is 7.76.